The van der Waals surface area contributed by atoms with Gasteiger partial charge in [0.05, 0.1) is 24.0 Å². The van der Waals surface area contributed by atoms with Crippen LogP contribution >= 0.6 is 0 Å². The summed E-state index contributed by atoms with van der Waals surface area (Å²) in [7, 11) is 0. The first-order valence-electron chi connectivity index (χ1n) is 9.43. The van der Waals surface area contributed by atoms with E-state index in [1.807, 2.05) is 22.9 Å². The summed E-state index contributed by atoms with van der Waals surface area (Å²) in [5.41, 5.74) is 6.60. The van der Waals surface area contributed by atoms with Crippen molar-refractivity contribution in [2.24, 2.45) is 0 Å². The lowest BCUT2D eigenvalue weighted by molar-refractivity contribution is 0.0950. The average Bonchev–Trinajstić information content (AvgIpc) is 3.33. The van der Waals surface area contributed by atoms with E-state index in [-0.39, 0.29) is 5.91 Å². The van der Waals surface area contributed by atoms with E-state index in [9.17, 15) is 4.79 Å². The van der Waals surface area contributed by atoms with Crippen LogP contribution in [0.1, 0.15) is 45.2 Å². The van der Waals surface area contributed by atoms with Crippen molar-refractivity contribution in [1.29, 1.82) is 0 Å². The summed E-state index contributed by atoms with van der Waals surface area (Å²) in [5, 5.41) is 10.8. The maximum Gasteiger partial charge on any atom is 0.255 e. The fourth-order valence-corrected chi connectivity index (χ4v) is 3.60. The highest BCUT2D eigenvalue weighted by molar-refractivity contribution is 5.95. The van der Waals surface area contributed by atoms with E-state index in [4.69, 9.17) is 0 Å². The van der Waals surface area contributed by atoms with Crippen molar-refractivity contribution < 1.29 is 4.79 Å². The summed E-state index contributed by atoms with van der Waals surface area (Å²) >= 11 is 0. The number of nitrogens with zero attached hydrogens (tertiary/aromatic N) is 2. The zero-order chi connectivity index (χ0) is 18.6. The van der Waals surface area contributed by atoms with Crippen molar-refractivity contribution >= 4 is 5.91 Å². The molecule has 5 nitrogen and oxygen atoms in total. The van der Waals surface area contributed by atoms with E-state index in [0.717, 1.165) is 30.8 Å². The summed E-state index contributed by atoms with van der Waals surface area (Å²) in [4.78, 5) is 12.7. The third kappa shape index (κ3) is 3.78. The Kier molecular flexibility index (Phi) is 5.03. The second-order valence-corrected chi connectivity index (χ2v) is 6.89. The highest BCUT2D eigenvalue weighted by Crippen LogP contribution is 2.17. The van der Waals surface area contributed by atoms with Crippen LogP contribution < -0.4 is 10.6 Å². The maximum absolute atomic E-state index is 12.7. The Morgan fingerprint density at radius 2 is 1.93 bits per heavy atom. The van der Waals surface area contributed by atoms with E-state index in [1.54, 1.807) is 6.20 Å². The smallest absolute Gasteiger partial charge is 0.255 e. The number of carbonyl (C=O) groups excluding carboxylic acids is 1. The molecule has 1 amide bonds. The Hall–Kier alpha value is -2.92. The van der Waals surface area contributed by atoms with Crippen LogP contribution in [0.3, 0.4) is 0 Å². The molecule has 2 heterocycles. The Morgan fingerprint density at radius 1 is 1.11 bits per heavy atom. The molecule has 0 saturated heterocycles. The third-order valence-corrected chi connectivity index (χ3v) is 5.06. The first-order valence-corrected chi connectivity index (χ1v) is 9.43. The predicted molar refractivity (Wildman–Crippen MR) is 105 cm³/mol. The van der Waals surface area contributed by atoms with Crippen LogP contribution in [-0.4, -0.2) is 15.7 Å². The average molecular weight is 360 g/mol. The first kappa shape index (κ1) is 17.5. The highest BCUT2D eigenvalue weighted by atomic mass is 16.1. The molecule has 1 aliphatic heterocycles. The van der Waals surface area contributed by atoms with Gasteiger partial charge in [0.15, 0.2) is 0 Å². The molecule has 0 radical (unpaired) electrons. The summed E-state index contributed by atoms with van der Waals surface area (Å²) in [5.74, 6) is -0.0650. The van der Waals surface area contributed by atoms with Gasteiger partial charge in [-0.2, -0.15) is 5.10 Å². The van der Waals surface area contributed by atoms with Crippen molar-refractivity contribution in [2.75, 3.05) is 0 Å². The summed E-state index contributed by atoms with van der Waals surface area (Å²) in [6.07, 6.45) is 2.45. The fraction of sp³-hybridized carbons (Fsp3) is 0.273. The van der Waals surface area contributed by atoms with Crippen LogP contribution in [0.4, 0.5) is 0 Å². The zero-order valence-electron chi connectivity index (χ0n) is 15.5. The maximum atomic E-state index is 12.7. The van der Waals surface area contributed by atoms with Gasteiger partial charge in [0, 0.05) is 19.6 Å². The molecule has 2 N–H and O–H groups in total. The summed E-state index contributed by atoms with van der Waals surface area (Å²) in [6, 6.07) is 16.6. The molecule has 1 aliphatic rings. The molecule has 138 valence electrons. The minimum Gasteiger partial charge on any atom is -0.348 e. The van der Waals surface area contributed by atoms with Crippen LogP contribution in [-0.2, 0) is 32.6 Å². The van der Waals surface area contributed by atoms with Crippen LogP contribution in [0, 0.1) is 0 Å². The van der Waals surface area contributed by atoms with E-state index >= 15 is 0 Å². The number of benzene rings is 2. The van der Waals surface area contributed by atoms with Crippen molar-refractivity contribution in [3.63, 3.8) is 0 Å². The van der Waals surface area contributed by atoms with Gasteiger partial charge >= 0.3 is 0 Å². The quantitative estimate of drug-likeness (QED) is 0.710. The predicted octanol–water partition coefficient (Wildman–Crippen LogP) is 3.03. The van der Waals surface area contributed by atoms with Crippen molar-refractivity contribution in [3.8, 4) is 0 Å². The summed E-state index contributed by atoms with van der Waals surface area (Å²) < 4.78 is 1.92. The molecular weight excluding hydrogens is 336 g/mol. The molecule has 0 unspecified atom stereocenters. The van der Waals surface area contributed by atoms with Crippen LogP contribution in [0.15, 0.2) is 54.7 Å². The monoisotopic (exact) mass is 360 g/mol. The topological polar surface area (TPSA) is 59.0 Å². The van der Waals surface area contributed by atoms with Gasteiger partial charge < -0.3 is 10.6 Å². The zero-order valence-corrected chi connectivity index (χ0v) is 15.5. The van der Waals surface area contributed by atoms with Gasteiger partial charge in [0.25, 0.3) is 5.91 Å². The lowest BCUT2D eigenvalue weighted by atomic mass is 10.1. The van der Waals surface area contributed by atoms with Crippen LogP contribution in [0.2, 0.25) is 0 Å². The minimum absolute atomic E-state index is 0.0650. The second kappa shape index (κ2) is 7.76. The normalized spacial score (nSPS) is 12.8. The van der Waals surface area contributed by atoms with Gasteiger partial charge in [-0.05, 0) is 28.7 Å². The molecule has 0 saturated carbocycles. The third-order valence-electron chi connectivity index (χ3n) is 5.06. The molecule has 0 bridgehead atoms. The highest BCUT2D eigenvalue weighted by Gasteiger charge is 2.17. The van der Waals surface area contributed by atoms with Gasteiger partial charge in [-0.15, -0.1) is 0 Å². The van der Waals surface area contributed by atoms with Gasteiger partial charge in [-0.1, -0.05) is 55.5 Å². The molecule has 27 heavy (non-hydrogen) atoms. The first-order chi connectivity index (χ1) is 13.2. The second-order valence-electron chi connectivity index (χ2n) is 6.89. The molecule has 3 aromatic rings. The molecule has 2 aromatic carbocycles. The minimum atomic E-state index is -0.0650. The van der Waals surface area contributed by atoms with Gasteiger partial charge in [-0.25, -0.2) is 0 Å². The Morgan fingerprint density at radius 3 is 2.74 bits per heavy atom. The number of nitrogens with one attached hydrogen (secondary N) is 2. The largest absolute Gasteiger partial charge is 0.348 e. The number of hydrogen-bond acceptors (Lipinski definition) is 3. The van der Waals surface area contributed by atoms with E-state index in [1.165, 1.54) is 16.7 Å². The lowest BCUT2D eigenvalue weighted by Crippen LogP contribution is -2.24. The van der Waals surface area contributed by atoms with Crippen LogP contribution in [0.5, 0.6) is 0 Å². The number of amides is 1. The van der Waals surface area contributed by atoms with Crippen molar-refractivity contribution in [1.82, 2.24) is 20.4 Å². The van der Waals surface area contributed by atoms with E-state index in [0.29, 0.717) is 18.7 Å². The van der Waals surface area contributed by atoms with E-state index < -0.39 is 0 Å². The molecule has 5 heteroatoms. The van der Waals surface area contributed by atoms with Crippen molar-refractivity contribution in [3.05, 3.63) is 88.2 Å². The SMILES string of the molecule is CCc1c(C(=O)NCc2ccc3c(c2)CNC3)cnn1Cc1ccccc1. The molecule has 0 spiro atoms. The Labute approximate surface area is 159 Å². The molecule has 0 atom stereocenters. The summed E-state index contributed by atoms with van der Waals surface area (Å²) in [6.45, 7) is 5.10. The Bertz CT molecular complexity index is 946. The number of fused-ring (bicyclic) bond motifs is 1. The van der Waals surface area contributed by atoms with E-state index in [2.05, 4.69) is 53.0 Å². The number of hydrogen-bond donors (Lipinski definition) is 2. The molecule has 0 aliphatic carbocycles. The Balaban J connectivity index is 1.45. The molecular formula is C22H24N4O. The van der Waals surface area contributed by atoms with Gasteiger partial charge in [0.1, 0.15) is 0 Å². The molecule has 0 fully saturated rings. The van der Waals surface area contributed by atoms with Gasteiger partial charge in [-0.3, -0.25) is 9.48 Å². The molecule has 4 rings (SSSR count). The van der Waals surface area contributed by atoms with Crippen LogP contribution in [0.25, 0.3) is 0 Å². The lowest BCUT2D eigenvalue weighted by Gasteiger charge is -2.09. The fourth-order valence-electron chi connectivity index (χ4n) is 3.60. The van der Waals surface area contributed by atoms with Crippen molar-refractivity contribution in [2.45, 2.75) is 39.5 Å². The number of rotatable bonds is 6. The van der Waals surface area contributed by atoms with Gasteiger partial charge in [0.2, 0.25) is 0 Å². The standard InChI is InChI=1S/C22H24N4O/c1-2-21-20(14-25-26(21)15-16-6-4-3-5-7-16)22(27)24-11-17-8-9-18-12-23-13-19(18)10-17/h3-10,14,23H,2,11-13,15H2,1H3,(H,24,27). The number of carbonyl (C=O) groups is 1. The molecule has 1 aromatic heterocycles. The number of aromatic nitrogens is 2.